The van der Waals surface area contributed by atoms with Crippen molar-refractivity contribution in [2.24, 2.45) is 5.92 Å². The first-order valence-corrected chi connectivity index (χ1v) is 7.97. The molecule has 0 amide bonds. The number of thiophene rings is 1. The molecule has 3 rings (SSSR count). The predicted octanol–water partition coefficient (Wildman–Crippen LogP) is 3.67. The fraction of sp³-hybridized carbons (Fsp3) is 0.733. The molecule has 2 nitrogen and oxygen atoms in total. The lowest BCUT2D eigenvalue weighted by Crippen LogP contribution is -2.56. The third kappa shape index (κ3) is 2.36. The number of ether oxygens (including phenoxy) is 1. The molecule has 1 aliphatic carbocycles. The minimum Gasteiger partial charge on any atom is -0.369 e. The fourth-order valence-corrected chi connectivity index (χ4v) is 4.17. The summed E-state index contributed by atoms with van der Waals surface area (Å²) in [6, 6.07) is 2.19. The van der Waals surface area contributed by atoms with E-state index in [0.29, 0.717) is 0 Å². The van der Waals surface area contributed by atoms with Crippen LogP contribution in [0.25, 0.3) is 0 Å². The predicted molar refractivity (Wildman–Crippen MR) is 76.1 cm³/mol. The summed E-state index contributed by atoms with van der Waals surface area (Å²) in [7, 11) is 0. The summed E-state index contributed by atoms with van der Waals surface area (Å²) in [6.07, 6.45) is 5.53. The molecule has 2 heterocycles. The van der Waals surface area contributed by atoms with Crippen molar-refractivity contribution in [3.05, 3.63) is 21.9 Å². The molecule has 1 aromatic heterocycles. The SMILES string of the molecule is Cc1ccsc1C1CNC2(CCC(C)CC2)CO1. The van der Waals surface area contributed by atoms with Gasteiger partial charge in [-0.15, -0.1) is 11.3 Å². The second-order valence-electron chi connectivity index (χ2n) is 6.11. The molecule has 1 saturated heterocycles. The lowest BCUT2D eigenvalue weighted by Gasteiger charge is -2.45. The zero-order chi connectivity index (χ0) is 12.6. The van der Waals surface area contributed by atoms with Gasteiger partial charge in [-0.05, 0) is 55.5 Å². The van der Waals surface area contributed by atoms with Gasteiger partial charge in [0.05, 0.1) is 6.61 Å². The smallest absolute Gasteiger partial charge is 0.104 e. The van der Waals surface area contributed by atoms with Crippen molar-refractivity contribution in [2.75, 3.05) is 13.2 Å². The van der Waals surface area contributed by atoms with Gasteiger partial charge in [0.1, 0.15) is 6.10 Å². The third-order valence-electron chi connectivity index (χ3n) is 4.65. The van der Waals surface area contributed by atoms with E-state index in [1.165, 1.54) is 36.1 Å². The average molecular weight is 265 g/mol. The van der Waals surface area contributed by atoms with Crippen molar-refractivity contribution in [2.45, 2.75) is 51.2 Å². The molecule has 3 heteroatoms. The van der Waals surface area contributed by atoms with Crippen molar-refractivity contribution in [1.82, 2.24) is 5.32 Å². The van der Waals surface area contributed by atoms with Crippen LogP contribution >= 0.6 is 11.3 Å². The molecule has 2 fully saturated rings. The number of morpholine rings is 1. The van der Waals surface area contributed by atoms with E-state index in [1.807, 2.05) is 11.3 Å². The highest BCUT2D eigenvalue weighted by Gasteiger charge is 2.38. The molecule has 0 bridgehead atoms. The van der Waals surface area contributed by atoms with Crippen LogP contribution in [0.15, 0.2) is 11.4 Å². The van der Waals surface area contributed by atoms with E-state index in [0.717, 1.165) is 19.1 Å². The maximum atomic E-state index is 6.18. The molecule has 1 atom stereocenters. The Balaban J connectivity index is 1.63. The molecule has 1 saturated carbocycles. The largest absolute Gasteiger partial charge is 0.369 e. The van der Waals surface area contributed by atoms with E-state index >= 15 is 0 Å². The van der Waals surface area contributed by atoms with E-state index in [9.17, 15) is 0 Å². The summed E-state index contributed by atoms with van der Waals surface area (Å²) in [5.74, 6) is 0.898. The average Bonchev–Trinajstić information content (AvgIpc) is 2.81. The van der Waals surface area contributed by atoms with Gasteiger partial charge in [-0.2, -0.15) is 0 Å². The van der Waals surface area contributed by atoms with E-state index < -0.39 is 0 Å². The number of hydrogen-bond acceptors (Lipinski definition) is 3. The second kappa shape index (κ2) is 4.95. The standard InChI is InChI=1S/C15H23NOS/c1-11-3-6-15(7-4-11)10-17-13(9-16-15)14-12(2)5-8-18-14/h5,8,11,13,16H,3-4,6-7,9-10H2,1-2H3. The van der Waals surface area contributed by atoms with Gasteiger partial charge >= 0.3 is 0 Å². The molecule has 1 aliphatic heterocycles. The molecule has 100 valence electrons. The van der Waals surface area contributed by atoms with Crippen LogP contribution in [0.5, 0.6) is 0 Å². The zero-order valence-corrected chi connectivity index (χ0v) is 12.2. The van der Waals surface area contributed by atoms with Gasteiger partial charge in [0.15, 0.2) is 0 Å². The van der Waals surface area contributed by atoms with E-state index in [2.05, 4.69) is 30.6 Å². The Labute approximate surface area is 114 Å². The Kier molecular flexibility index (Phi) is 3.48. The van der Waals surface area contributed by atoms with Crippen LogP contribution in [0.1, 0.15) is 49.2 Å². The van der Waals surface area contributed by atoms with Crippen LogP contribution in [0.4, 0.5) is 0 Å². The first-order chi connectivity index (χ1) is 8.69. The number of rotatable bonds is 1. The molecule has 1 spiro atoms. The maximum Gasteiger partial charge on any atom is 0.104 e. The highest BCUT2D eigenvalue weighted by atomic mass is 32.1. The Bertz CT molecular complexity index is 396. The summed E-state index contributed by atoms with van der Waals surface area (Å²) < 4.78 is 6.18. The van der Waals surface area contributed by atoms with Crippen molar-refractivity contribution >= 4 is 11.3 Å². The molecule has 1 unspecified atom stereocenters. The minimum atomic E-state index is 0.273. The van der Waals surface area contributed by atoms with Crippen molar-refractivity contribution in [3.63, 3.8) is 0 Å². The van der Waals surface area contributed by atoms with Crippen molar-refractivity contribution in [1.29, 1.82) is 0 Å². The minimum absolute atomic E-state index is 0.273. The van der Waals surface area contributed by atoms with Crippen molar-refractivity contribution < 1.29 is 4.74 Å². The topological polar surface area (TPSA) is 21.3 Å². The van der Waals surface area contributed by atoms with Gasteiger partial charge in [0.25, 0.3) is 0 Å². The zero-order valence-electron chi connectivity index (χ0n) is 11.4. The van der Waals surface area contributed by atoms with Crippen LogP contribution in [0.3, 0.4) is 0 Å². The van der Waals surface area contributed by atoms with Crippen LogP contribution in [-0.4, -0.2) is 18.7 Å². The molecular weight excluding hydrogens is 242 g/mol. The van der Waals surface area contributed by atoms with Gasteiger partial charge < -0.3 is 10.1 Å². The van der Waals surface area contributed by atoms with Crippen LogP contribution in [0.2, 0.25) is 0 Å². The third-order valence-corrected chi connectivity index (χ3v) is 5.76. The van der Waals surface area contributed by atoms with Crippen LogP contribution in [0, 0.1) is 12.8 Å². The summed E-state index contributed by atoms with van der Waals surface area (Å²) >= 11 is 1.83. The van der Waals surface area contributed by atoms with E-state index in [1.54, 1.807) is 0 Å². The first kappa shape index (κ1) is 12.6. The molecule has 0 radical (unpaired) electrons. The molecular formula is C15H23NOS. The highest BCUT2D eigenvalue weighted by molar-refractivity contribution is 7.10. The first-order valence-electron chi connectivity index (χ1n) is 7.09. The quantitative estimate of drug-likeness (QED) is 0.836. The lowest BCUT2D eigenvalue weighted by molar-refractivity contribution is -0.0491. The molecule has 1 aromatic rings. The van der Waals surface area contributed by atoms with Crippen molar-refractivity contribution in [3.8, 4) is 0 Å². The summed E-state index contributed by atoms with van der Waals surface area (Å²) in [6.45, 7) is 6.42. The normalized spacial score (nSPS) is 37.0. The summed E-state index contributed by atoms with van der Waals surface area (Å²) in [4.78, 5) is 1.40. The van der Waals surface area contributed by atoms with Gasteiger partial charge in [-0.1, -0.05) is 6.92 Å². The maximum absolute atomic E-state index is 6.18. The number of aryl methyl sites for hydroxylation is 1. The summed E-state index contributed by atoms with van der Waals surface area (Å²) in [5.41, 5.74) is 1.66. The van der Waals surface area contributed by atoms with Gasteiger partial charge in [0, 0.05) is 17.0 Å². The van der Waals surface area contributed by atoms with Gasteiger partial charge in [0.2, 0.25) is 0 Å². The van der Waals surface area contributed by atoms with Crippen LogP contribution < -0.4 is 5.32 Å². The Morgan fingerprint density at radius 2 is 2.17 bits per heavy atom. The fourth-order valence-electron chi connectivity index (χ4n) is 3.20. The van der Waals surface area contributed by atoms with E-state index in [4.69, 9.17) is 4.74 Å². The monoisotopic (exact) mass is 265 g/mol. The second-order valence-corrected chi connectivity index (χ2v) is 7.06. The Morgan fingerprint density at radius 1 is 1.39 bits per heavy atom. The van der Waals surface area contributed by atoms with Gasteiger partial charge in [-0.25, -0.2) is 0 Å². The Morgan fingerprint density at radius 3 is 2.72 bits per heavy atom. The number of nitrogens with one attached hydrogen (secondary N) is 1. The highest BCUT2D eigenvalue weighted by Crippen LogP contribution is 2.37. The van der Waals surface area contributed by atoms with Gasteiger partial charge in [-0.3, -0.25) is 0 Å². The van der Waals surface area contributed by atoms with E-state index in [-0.39, 0.29) is 11.6 Å². The Hall–Kier alpha value is -0.380. The molecule has 2 aliphatic rings. The summed E-state index contributed by atoms with van der Waals surface area (Å²) in [5, 5.41) is 5.97. The number of hydrogen-bond donors (Lipinski definition) is 1. The molecule has 0 aromatic carbocycles. The van der Waals surface area contributed by atoms with Crippen LogP contribution in [-0.2, 0) is 4.74 Å². The molecule has 1 N–H and O–H groups in total. The lowest BCUT2D eigenvalue weighted by atomic mass is 9.77. The molecule has 18 heavy (non-hydrogen) atoms.